The Bertz CT molecular complexity index is 876. The van der Waals surface area contributed by atoms with E-state index < -0.39 is 5.54 Å². The van der Waals surface area contributed by atoms with Crippen LogP contribution in [0.5, 0.6) is 5.75 Å². The van der Waals surface area contributed by atoms with Crippen LogP contribution in [0.4, 0.5) is 0 Å². The summed E-state index contributed by atoms with van der Waals surface area (Å²) >= 11 is 0. The Morgan fingerprint density at radius 2 is 1.96 bits per heavy atom. The van der Waals surface area contributed by atoms with Gasteiger partial charge in [0.15, 0.2) is 0 Å². The van der Waals surface area contributed by atoms with Gasteiger partial charge in [0.1, 0.15) is 22.6 Å². The quantitative estimate of drug-likeness (QED) is 0.845. The molecule has 1 aromatic carbocycles. The molecule has 1 aromatic heterocycles. The molecule has 27 heavy (non-hydrogen) atoms. The maximum absolute atomic E-state index is 6.59. The van der Waals surface area contributed by atoms with Crippen LogP contribution in [0.25, 0.3) is 11.0 Å². The van der Waals surface area contributed by atoms with E-state index in [0.717, 1.165) is 35.4 Å². The second-order valence-electron chi connectivity index (χ2n) is 7.55. The Kier molecular flexibility index (Phi) is 5.45. The number of imidazole rings is 1. The van der Waals surface area contributed by atoms with Crippen molar-refractivity contribution in [1.29, 1.82) is 0 Å². The SMILES string of the molecule is CCC(CC)c1ccc(OC)c2nc(C3(N(C)C)C=CC=CC3N)n(C)c12. The van der Waals surface area contributed by atoms with Gasteiger partial charge in [-0.05, 0) is 44.5 Å². The van der Waals surface area contributed by atoms with E-state index in [1.165, 1.54) is 5.56 Å². The lowest BCUT2D eigenvalue weighted by molar-refractivity contribution is 0.173. The molecule has 0 fully saturated rings. The predicted octanol–water partition coefficient (Wildman–Crippen LogP) is 3.70. The highest BCUT2D eigenvalue weighted by Crippen LogP contribution is 2.40. The van der Waals surface area contributed by atoms with Crippen LogP contribution >= 0.6 is 0 Å². The minimum Gasteiger partial charge on any atom is -0.494 e. The van der Waals surface area contributed by atoms with Gasteiger partial charge in [0, 0.05) is 7.05 Å². The average molecular weight is 369 g/mol. The van der Waals surface area contributed by atoms with Crippen LogP contribution in [0.1, 0.15) is 44.0 Å². The Balaban J connectivity index is 2.36. The lowest BCUT2D eigenvalue weighted by Crippen LogP contribution is -2.54. The molecule has 0 aliphatic heterocycles. The number of allylic oxidation sites excluding steroid dienone is 2. The molecule has 0 radical (unpaired) electrons. The summed E-state index contributed by atoms with van der Waals surface area (Å²) in [6.07, 6.45) is 10.5. The highest BCUT2D eigenvalue weighted by atomic mass is 16.5. The van der Waals surface area contributed by atoms with E-state index in [1.54, 1.807) is 7.11 Å². The summed E-state index contributed by atoms with van der Waals surface area (Å²) in [5.41, 5.74) is 9.48. The maximum atomic E-state index is 6.59. The third-order valence-corrected chi connectivity index (χ3v) is 6.05. The molecule has 0 spiro atoms. The molecule has 5 heteroatoms. The van der Waals surface area contributed by atoms with Crippen LogP contribution in [-0.4, -0.2) is 41.7 Å². The Morgan fingerprint density at radius 3 is 2.52 bits per heavy atom. The molecule has 3 rings (SSSR count). The highest BCUT2D eigenvalue weighted by molar-refractivity contribution is 5.86. The molecule has 5 nitrogen and oxygen atoms in total. The number of fused-ring (bicyclic) bond motifs is 1. The molecule has 146 valence electrons. The standard InChI is InChI=1S/C22H32N4O/c1-7-15(8-2)16-12-13-17(27-6)19-20(16)26(5)21(24-19)22(25(3)4)14-10-9-11-18(22)23/h9-15,18H,7-8,23H2,1-6H3. The zero-order valence-electron chi connectivity index (χ0n) is 17.4. The van der Waals surface area contributed by atoms with Gasteiger partial charge in [0.2, 0.25) is 0 Å². The van der Waals surface area contributed by atoms with Gasteiger partial charge in [0.25, 0.3) is 0 Å². The fourth-order valence-corrected chi connectivity index (χ4v) is 4.42. The Hall–Kier alpha value is -2.11. The van der Waals surface area contributed by atoms with Crippen LogP contribution < -0.4 is 10.5 Å². The molecule has 0 bridgehead atoms. The van der Waals surface area contributed by atoms with E-state index in [9.17, 15) is 0 Å². The average Bonchev–Trinajstić information content (AvgIpc) is 3.01. The fourth-order valence-electron chi connectivity index (χ4n) is 4.42. The van der Waals surface area contributed by atoms with Gasteiger partial charge in [0.05, 0.1) is 18.7 Å². The number of aryl methyl sites for hydroxylation is 1. The Labute approximate surface area is 162 Å². The molecule has 1 heterocycles. The normalized spacial score (nSPS) is 22.3. The van der Waals surface area contributed by atoms with Crippen molar-refractivity contribution in [3.05, 3.63) is 47.8 Å². The summed E-state index contributed by atoms with van der Waals surface area (Å²) in [7, 11) is 7.92. The summed E-state index contributed by atoms with van der Waals surface area (Å²) in [5.74, 6) is 2.24. The molecule has 2 aromatic rings. The maximum Gasteiger partial charge on any atom is 0.146 e. The Morgan fingerprint density at radius 1 is 1.26 bits per heavy atom. The van der Waals surface area contributed by atoms with Crippen molar-refractivity contribution in [3.63, 3.8) is 0 Å². The van der Waals surface area contributed by atoms with Crippen molar-refractivity contribution in [3.8, 4) is 5.75 Å². The molecule has 0 saturated heterocycles. The van der Waals surface area contributed by atoms with Crippen LogP contribution in [0.3, 0.4) is 0 Å². The molecular weight excluding hydrogens is 336 g/mol. The first kappa shape index (κ1) is 19.6. The second-order valence-corrected chi connectivity index (χ2v) is 7.55. The number of benzene rings is 1. The molecule has 2 atom stereocenters. The first-order valence-electron chi connectivity index (χ1n) is 9.75. The number of likely N-dealkylation sites (N-methyl/N-ethyl adjacent to an activating group) is 1. The molecule has 0 amide bonds. The summed E-state index contributed by atoms with van der Waals surface area (Å²) in [4.78, 5) is 7.25. The smallest absolute Gasteiger partial charge is 0.146 e. The predicted molar refractivity (Wildman–Crippen MR) is 112 cm³/mol. The van der Waals surface area contributed by atoms with Crippen molar-refractivity contribution in [2.75, 3.05) is 21.2 Å². The summed E-state index contributed by atoms with van der Waals surface area (Å²) < 4.78 is 7.87. The van der Waals surface area contributed by atoms with E-state index >= 15 is 0 Å². The van der Waals surface area contributed by atoms with Crippen molar-refractivity contribution in [2.45, 2.75) is 44.2 Å². The third-order valence-electron chi connectivity index (χ3n) is 6.05. The number of rotatable bonds is 6. The number of aromatic nitrogens is 2. The number of ether oxygens (including phenoxy) is 1. The van der Waals surface area contributed by atoms with Gasteiger partial charge >= 0.3 is 0 Å². The van der Waals surface area contributed by atoms with Gasteiger partial charge in [-0.15, -0.1) is 0 Å². The van der Waals surface area contributed by atoms with Gasteiger partial charge in [-0.1, -0.05) is 44.2 Å². The first-order chi connectivity index (χ1) is 12.9. The van der Waals surface area contributed by atoms with Gasteiger partial charge in [-0.3, -0.25) is 4.90 Å². The number of hydrogen-bond donors (Lipinski definition) is 1. The lowest BCUT2D eigenvalue weighted by Gasteiger charge is -2.41. The van der Waals surface area contributed by atoms with Crippen molar-refractivity contribution < 1.29 is 4.74 Å². The minimum atomic E-state index is -0.501. The number of methoxy groups -OCH3 is 1. The molecule has 1 aliphatic rings. The van der Waals surface area contributed by atoms with E-state index in [-0.39, 0.29) is 6.04 Å². The van der Waals surface area contributed by atoms with Crippen molar-refractivity contribution in [1.82, 2.24) is 14.5 Å². The van der Waals surface area contributed by atoms with Gasteiger partial charge < -0.3 is 15.0 Å². The highest BCUT2D eigenvalue weighted by Gasteiger charge is 2.43. The van der Waals surface area contributed by atoms with Crippen molar-refractivity contribution in [2.24, 2.45) is 12.8 Å². The summed E-state index contributed by atoms with van der Waals surface area (Å²) in [5, 5.41) is 0. The molecule has 2 unspecified atom stereocenters. The summed E-state index contributed by atoms with van der Waals surface area (Å²) in [6.45, 7) is 4.49. The van der Waals surface area contributed by atoms with Gasteiger partial charge in [-0.25, -0.2) is 4.98 Å². The number of hydrogen-bond acceptors (Lipinski definition) is 4. The molecular formula is C22H32N4O. The zero-order chi connectivity index (χ0) is 19.8. The van der Waals surface area contributed by atoms with E-state index in [1.807, 2.05) is 18.2 Å². The largest absolute Gasteiger partial charge is 0.494 e. The number of nitrogens with zero attached hydrogens (tertiary/aromatic N) is 3. The van der Waals surface area contributed by atoms with Gasteiger partial charge in [-0.2, -0.15) is 0 Å². The monoisotopic (exact) mass is 368 g/mol. The molecule has 1 aliphatic carbocycles. The van der Waals surface area contributed by atoms with E-state index in [0.29, 0.717) is 5.92 Å². The third kappa shape index (κ3) is 2.89. The second kappa shape index (κ2) is 7.49. The van der Waals surface area contributed by atoms with Crippen LogP contribution in [0.2, 0.25) is 0 Å². The van der Waals surface area contributed by atoms with E-state index in [2.05, 4.69) is 62.7 Å². The zero-order valence-corrected chi connectivity index (χ0v) is 17.4. The lowest BCUT2D eigenvalue weighted by atomic mass is 9.84. The van der Waals surface area contributed by atoms with Crippen LogP contribution in [-0.2, 0) is 12.6 Å². The van der Waals surface area contributed by atoms with E-state index in [4.69, 9.17) is 15.5 Å². The minimum absolute atomic E-state index is 0.185. The number of nitrogens with two attached hydrogens (primary N) is 1. The summed E-state index contributed by atoms with van der Waals surface area (Å²) in [6, 6.07) is 4.06. The van der Waals surface area contributed by atoms with Crippen LogP contribution in [0.15, 0.2) is 36.4 Å². The fraction of sp³-hybridized carbons (Fsp3) is 0.500. The molecule has 2 N–H and O–H groups in total. The van der Waals surface area contributed by atoms with Crippen molar-refractivity contribution >= 4 is 11.0 Å². The molecule has 0 saturated carbocycles. The van der Waals surface area contributed by atoms with Crippen LogP contribution in [0, 0.1) is 0 Å². The topological polar surface area (TPSA) is 56.3 Å². The first-order valence-corrected chi connectivity index (χ1v) is 9.75.